The summed E-state index contributed by atoms with van der Waals surface area (Å²) in [6, 6.07) is 9.90. The molecule has 0 saturated carbocycles. The number of amides is 1. The molecule has 4 heteroatoms. The Labute approximate surface area is 108 Å². The molecule has 0 bridgehead atoms. The Morgan fingerprint density at radius 3 is 2.61 bits per heavy atom. The second-order valence-corrected chi connectivity index (χ2v) is 4.84. The van der Waals surface area contributed by atoms with Gasteiger partial charge in [-0.1, -0.05) is 18.2 Å². The molecule has 0 unspecified atom stereocenters. The quantitative estimate of drug-likeness (QED) is 0.793. The number of anilines is 1. The Balaban J connectivity index is 1.69. The first-order valence-electron chi connectivity index (χ1n) is 6.51. The van der Waals surface area contributed by atoms with E-state index in [1.807, 2.05) is 30.3 Å². The number of rotatable bonds is 4. The van der Waals surface area contributed by atoms with E-state index in [1.54, 1.807) is 0 Å². The summed E-state index contributed by atoms with van der Waals surface area (Å²) in [5, 5.41) is 6.13. The summed E-state index contributed by atoms with van der Waals surface area (Å²) < 4.78 is 0. The summed E-state index contributed by atoms with van der Waals surface area (Å²) in [6.45, 7) is 2.53. The number of para-hydroxylation sites is 1. The van der Waals surface area contributed by atoms with Crippen LogP contribution in [0.1, 0.15) is 12.8 Å². The van der Waals surface area contributed by atoms with Crippen molar-refractivity contribution in [1.82, 2.24) is 10.2 Å². The van der Waals surface area contributed by atoms with Gasteiger partial charge in [0.05, 0.1) is 6.67 Å². The lowest BCUT2D eigenvalue weighted by Gasteiger charge is -2.28. The fourth-order valence-electron chi connectivity index (χ4n) is 2.20. The van der Waals surface area contributed by atoms with Crippen molar-refractivity contribution in [2.45, 2.75) is 12.8 Å². The van der Waals surface area contributed by atoms with Gasteiger partial charge in [-0.15, -0.1) is 0 Å². The number of hydrogen-bond donors (Lipinski definition) is 2. The monoisotopic (exact) mass is 247 g/mol. The van der Waals surface area contributed by atoms with Crippen LogP contribution >= 0.6 is 0 Å². The van der Waals surface area contributed by atoms with Crippen LogP contribution in [-0.2, 0) is 4.79 Å². The average Bonchev–Trinajstić information content (AvgIpc) is 2.40. The van der Waals surface area contributed by atoms with Crippen molar-refractivity contribution in [3.63, 3.8) is 0 Å². The molecule has 1 aliphatic heterocycles. The molecule has 1 aromatic rings. The average molecular weight is 247 g/mol. The summed E-state index contributed by atoms with van der Waals surface area (Å²) in [5.74, 6) is 0.352. The maximum Gasteiger partial charge on any atom is 0.224 e. The summed E-state index contributed by atoms with van der Waals surface area (Å²) in [6.07, 6.45) is 1.93. The molecule has 0 aromatic heterocycles. The molecular weight excluding hydrogens is 226 g/mol. The third-order valence-electron chi connectivity index (χ3n) is 3.42. The summed E-state index contributed by atoms with van der Waals surface area (Å²) in [5.41, 5.74) is 1.03. The van der Waals surface area contributed by atoms with Gasteiger partial charge < -0.3 is 15.5 Å². The van der Waals surface area contributed by atoms with Crippen LogP contribution in [0.25, 0.3) is 0 Å². The lowest BCUT2D eigenvalue weighted by Crippen LogP contribution is -2.40. The van der Waals surface area contributed by atoms with Gasteiger partial charge in [-0.3, -0.25) is 4.79 Å². The molecule has 2 N–H and O–H groups in total. The van der Waals surface area contributed by atoms with Crippen LogP contribution in [0.4, 0.5) is 5.69 Å². The molecule has 98 valence electrons. The van der Waals surface area contributed by atoms with Gasteiger partial charge in [0.1, 0.15) is 0 Å². The second-order valence-electron chi connectivity index (χ2n) is 4.84. The zero-order valence-electron chi connectivity index (χ0n) is 10.9. The van der Waals surface area contributed by atoms with Crippen LogP contribution in [0.3, 0.4) is 0 Å². The lowest BCUT2D eigenvalue weighted by atomic mass is 9.96. The van der Waals surface area contributed by atoms with Gasteiger partial charge in [0, 0.05) is 11.6 Å². The van der Waals surface area contributed by atoms with Crippen LogP contribution in [-0.4, -0.2) is 37.6 Å². The van der Waals surface area contributed by atoms with Gasteiger partial charge in [0.2, 0.25) is 5.91 Å². The van der Waals surface area contributed by atoms with Crippen LogP contribution in [0.5, 0.6) is 0 Å². The van der Waals surface area contributed by atoms with Gasteiger partial charge in [-0.25, -0.2) is 0 Å². The van der Waals surface area contributed by atoms with Crippen molar-refractivity contribution in [2.24, 2.45) is 5.92 Å². The second kappa shape index (κ2) is 6.40. The van der Waals surface area contributed by atoms with Gasteiger partial charge >= 0.3 is 0 Å². The van der Waals surface area contributed by atoms with Crippen LogP contribution < -0.4 is 10.6 Å². The first kappa shape index (κ1) is 12.9. The molecular formula is C14H21N3O. The first-order chi connectivity index (χ1) is 8.75. The fourth-order valence-corrected chi connectivity index (χ4v) is 2.20. The highest BCUT2D eigenvalue weighted by atomic mass is 16.1. The van der Waals surface area contributed by atoms with E-state index in [2.05, 4.69) is 22.6 Å². The number of hydrogen-bond acceptors (Lipinski definition) is 3. The minimum atomic E-state index is 0.173. The molecule has 1 aliphatic rings. The van der Waals surface area contributed by atoms with E-state index < -0.39 is 0 Å². The Hall–Kier alpha value is -1.55. The molecule has 1 heterocycles. The molecule has 4 nitrogen and oxygen atoms in total. The molecule has 0 spiro atoms. The fraction of sp³-hybridized carbons (Fsp3) is 0.500. The topological polar surface area (TPSA) is 44.4 Å². The molecule has 0 atom stereocenters. The highest BCUT2D eigenvalue weighted by Gasteiger charge is 2.22. The normalized spacial score (nSPS) is 17.4. The Morgan fingerprint density at radius 2 is 1.94 bits per heavy atom. The van der Waals surface area contributed by atoms with E-state index >= 15 is 0 Å². The highest BCUT2D eigenvalue weighted by Crippen LogP contribution is 2.15. The van der Waals surface area contributed by atoms with Gasteiger partial charge in [0.15, 0.2) is 0 Å². The van der Waals surface area contributed by atoms with Crippen LogP contribution in [0.2, 0.25) is 0 Å². The van der Waals surface area contributed by atoms with Gasteiger partial charge in [-0.05, 0) is 45.1 Å². The maximum atomic E-state index is 11.9. The number of carbonyl (C=O) groups excluding carboxylic acids is 1. The first-order valence-corrected chi connectivity index (χ1v) is 6.51. The van der Waals surface area contributed by atoms with E-state index in [0.717, 1.165) is 31.6 Å². The molecule has 1 saturated heterocycles. The molecule has 2 rings (SSSR count). The molecule has 0 radical (unpaired) electrons. The van der Waals surface area contributed by atoms with Crippen LogP contribution in [0, 0.1) is 5.92 Å². The Morgan fingerprint density at radius 1 is 1.28 bits per heavy atom. The standard InChI is InChI=1S/C14H21N3O/c1-17-9-7-12(8-10-17)14(18)16-11-15-13-5-3-2-4-6-13/h2-6,12,15H,7-11H2,1H3,(H,16,18). The number of benzene rings is 1. The number of nitrogens with one attached hydrogen (secondary N) is 2. The highest BCUT2D eigenvalue weighted by molar-refractivity contribution is 5.78. The minimum absolute atomic E-state index is 0.173. The van der Waals surface area contributed by atoms with E-state index in [4.69, 9.17) is 0 Å². The summed E-state index contributed by atoms with van der Waals surface area (Å²) in [4.78, 5) is 14.2. The minimum Gasteiger partial charge on any atom is -0.368 e. The number of nitrogens with zero attached hydrogens (tertiary/aromatic N) is 1. The van der Waals surface area contributed by atoms with Crippen LogP contribution in [0.15, 0.2) is 30.3 Å². The zero-order chi connectivity index (χ0) is 12.8. The molecule has 18 heavy (non-hydrogen) atoms. The third-order valence-corrected chi connectivity index (χ3v) is 3.42. The van der Waals surface area contributed by atoms with E-state index in [-0.39, 0.29) is 11.8 Å². The van der Waals surface area contributed by atoms with Crippen molar-refractivity contribution < 1.29 is 4.79 Å². The van der Waals surface area contributed by atoms with Crippen molar-refractivity contribution >= 4 is 11.6 Å². The van der Waals surface area contributed by atoms with Gasteiger partial charge in [-0.2, -0.15) is 0 Å². The third kappa shape index (κ3) is 3.74. The molecule has 0 aliphatic carbocycles. The van der Waals surface area contributed by atoms with E-state index in [9.17, 15) is 4.79 Å². The summed E-state index contributed by atoms with van der Waals surface area (Å²) in [7, 11) is 2.10. The smallest absolute Gasteiger partial charge is 0.224 e. The number of piperidine rings is 1. The molecule has 1 fully saturated rings. The number of likely N-dealkylation sites (tertiary alicyclic amines) is 1. The predicted molar refractivity (Wildman–Crippen MR) is 73.3 cm³/mol. The van der Waals surface area contributed by atoms with Crippen molar-refractivity contribution in [1.29, 1.82) is 0 Å². The predicted octanol–water partition coefficient (Wildman–Crippen LogP) is 1.51. The van der Waals surface area contributed by atoms with Crippen molar-refractivity contribution in [3.8, 4) is 0 Å². The van der Waals surface area contributed by atoms with E-state index in [1.165, 1.54) is 0 Å². The maximum absolute atomic E-state index is 11.9. The van der Waals surface area contributed by atoms with Gasteiger partial charge in [0.25, 0.3) is 0 Å². The zero-order valence-corrected chi connectivity index (χ0v) is 10.9. The Bertz CT molecular complexity index is 372. The molecule has 1 amide bonds. The SMILES string of the molecule is CN1CCC(C(=O)NCNc2ccccc2)CC1. The number of carbonyl (C=O) groups is 1. The largest absolute Gasteiger partial charge is 0.368 e. The molecule has 1 aromatic carbocycles. The van der Waals surface area contributed by atoms with E-state index in [0.29, 0.717) is 6.67 Å². The Kier molecular flexibility index (Phi) is 4.59. The van der Waals surface area contributed by atoms with Crippen molar-refractivity contribution in [2.75, 3.05) is 32.1 Å². The summed E-state index contributed by atoms with van der Waals surface area (Å²) >= 11 is 0. The lowest BCUT2D eigenvalue weighted by molar-refractivity contribution is -0.126. The van der Waals surface area contributed by atoms with Crippen molar-refractivity contribution in [3.05, 3.63) is 30.3 Å².